The van der Waals surface area contributed by atoms with Crippen LogP contribution in [0.25, 0.3) is 11.0 Å². The molecule has 2 aromatic carbocycles. The Kier molecular flexibility index (Phi) is 4.57. The summed E-state index contributed by atoms with van der Waals surface area (Å²) in [5, 5.41) is 2.93. The molecule has 0 radical (unpaired) electrons. The van der Waals surface area contributed by atoms with E-state index in [1.54, 1.807) is 23.1 Å². The van der Waals surface area contributed by atoms with Crippen molar-refractivity contribution in [3.8, 4) is 0 Å². The lowest BCUT2D eigenvalue weighted by atomic mass is 9.95. The predicted octanol–water partition coefficient (Wildman–Crippen LogP) is 2.25. The van der Waals surface area contributed by atoms with Crippen molar-refractivity contribution in [3.05, 3.63) is 76.2 Å². The van der Waals surface area contributed by atoms with Gasteiger partial charge in [0.25, 0.3) is 5.91 Å². The normalized spacial score (nSPS) is 13.2. The van der Waals surface area contributed by atoms with Gasteiger partial charge < -0.3 is 20.2 Å². The maximum absolute atomic E-state index is 12.8. The molecular weight excluding hydrogens is 356 g/mol. The number of benzene rings is 2. The first-order valence-corrected chi connectivity index (χ1v) is 9.12. The molecule has 7 heteroatoms. The van der Waals surface area contributed by atoms with E-state index in [9.17, 15) is 14.4 Å². The van der Waals surface area contributed by atoms with Crippen molar-refractivity contribution in [2.45, 2.75) is 19.4 Å². The molecule has 0 bridgehead atoms. The first-order chi connectivity index (χ1) is 13.6. The molecule has 142 valence electrons. The lowest BCUT2D eigenvalue weighted by Crippen LogP contribution is -2.35. The van der Waals surface area contributed by atoms with Gasteiger partial charge in [-0.15, -0.1) is 0 Å². The Labute approximate surface area is 161 Å². The van der Waals surface area contributed by atoms with Gasteiger partial charge in [0.05, 0.1) is 11.0 Å². The van der Waals surface area contributed by atoms with Crippen LogP contribution in [0, 0.1) is 0 Å². The fourth-order valence-electron chi connectivity index (χ4n) is 3.64. The number of aromatic amines is 2. The Hall–Kier alpha value is -3.61. The molecule has 7 nitrogen and oxygen atoms in total. The van der Waals surface area contributed by atoms with Gasteiger partial charge in [-0.25, -0.2) is 4.79 Å². The maximum Gasteiger partial charge on any atom is 0.323 e. The minimum absolute atomic E-state index is 0.160. The molecule has 2 heterocycles. The van der Waals surface area contributed by atoms with E-state index in [1.807, 2.05) is 18.2 Å². The number of carbonyl (C=O) groups is 2. The van der Waals surface area contributed by atoms with E-state index in [2.05, 4.69) is 21.9 Å². The summed E-state index contributed by atoms with van der Waals surface area (Å²) in [6, 6.07) is 10.9. The number of rotatable bonds is 4. The zero-order valence-electron chi connectivity index (χ0n) is 15.2. The number of anilines is 1. The third-order valence-electron chi connectivity index (χ3n) is 4.97. The quantitative estimate of drug-likeness (QED) is 0.609. The van der Waals surface area contributed by atoms with Gasteiger partial charge in [-0.2, -0.15) is 0 Å². The van der Waals surface area contributed by atoms with Crippen LogP contribution in [0.2, 0.25) is 0 Å². The molecule has 0 fully saturated rings. The maximum atomic E-state index is 12.8. The highest BCUT2D eigenvalue weighted by Gasteiger charge is 2.24. The van der Waals surface area contributed by atoms with E-state index in [0.29, 0.717) is 24.2 Å². The second kappa shape index (κ2) is 7.19. The highest BCUT2D eigenvalue weighted by Crippen LogP contribution is 2.30. The third-order valence-corrected chi connectivity index (χ3v) is 4.97. The first-order valence-electron chi connectivity index (χ1n) is 9.12. The van der Waals surface area contributed by atoms with Crippen LogP contribution in [0.4, 0.5) is 5.69 Å². The number of aromatic nitrogens is 2. The van der Waals surface area contributed by atoms with Crippen LogP contribution in [0.3, 0.4) is 0 Å². The summed E-state index contributed by atoms with van der Waals surface area (Å²) in [7, 11) is 0. The standard InChI is InChI=1S/C21H20N4O3/c1-2-19(26)25-10-4-6-14-15(5-3-7-18(14)25)20(27)22-12-13-8-9-16-17(11-13)24-21(28)23-16/h2-3,5,7-9,11H,1,4,6,10,12H2,(H,22,27)(H2,23,24,28). The summed E-state index contributed by atoms with van der Waals surface area (Å²) in [4.78, 5) is 43.4. The number of H-pyrrole nitrogens is 2. The highest BCUT2D eigenvalue weighted by atomic mass is 16.2. The van der Waals surface area contributed by atoms with Crippen LogP contribution in [0.1, 0.15) is 27.9 Å². The number of amides is 2. The van der Waals surface area contributed by atoms with Crippen molar-refractivity contribution in [2.75, 3.05) is 11.4 Å². The number of hydrogen-bond acceptors (Lipinski definition) is 3. The number of nitrogens with zero attached hydrogens (tertiary/aromatic N) is 1. The minimum atomic E-state index is -0.259. The van der Waals surface area contributed by atoms with Gasteiger partial charge in [-0.05, 0) is 54.3 Å². The molecule has 0 saturated heterocycles. The molecule has 28 heavy (non-hydrogen) atoms. The third kappa shape index (κ3) is 3.22. The summed E-state index contributed by atoms with van der Waals surface area (Å²) in [6.07, 6.45) is 2.84. The second-order valence-electron chi connectivity index (χ2n) is 6.74. The molecule has 0 aliphatic carbocycles. The van der Waals surface area contributed by atoms with Gasteiger partial charge >= 0.3 is 5.69 Å². The van der Waals surface area contributed by atoms with Gasteiger partial charge in [0.15, 0.2) is 0 Å². The lowest BCUT2D eigenvalue weighted by molar-refractivity contribution is -0.114. The number of carbonyl (C=O) groups excluding carboxylic acids is 2. The summed E-state index contributed by atoms with van der Waals surface area (Å²) < 4.78 is 0. The molecular formula is C21H20N4O3. The monoisotopic (exact) mass is 376 g/mol. The van der Waals surface area contributed by atoms with Crippen LogP contribution < -0.4 is 15.9 Å². The Morgan fingerprint density at radius 1 is 1.18 bits per heavy atom. The smallest absolute Gasteiger partial charge is 0.323 e. The molecule has 0 saturated carbocycles. The van der Waals surface area contributed by atoms with Gasteiger partial charge in [0.2, 0.25) is 5.91 Å². The molecule has 2 amide bonds. The van der Waals surface area contributed by atoms with Crippen molar-refractivity contribution in [3.63, 3.8) is 0 Å². The van der Waals surface area contributed by atoms with Crippen molar-refractivity contribution in [2.24, 2.45) is 0 Å². The number of hydrogen-bond donors (Lipinski definition) is 3. The van der Waals surface area contributed by atoms with Gasteiger partial charge in [0.1, 0.15) is 0 Å². The average Bonchev–Trinajstić information content (AvgIpc) is 3.09. The fraction of sp³-hybridized carbons (Fsp3) is 0.190. The molecule has 1 aromatic heterocycles. The molecule has 4 rings (SSSR count). The molecule has 1 aliphatic heterocycles. The zero-order chi connectivity index (χ0) is 19.7. The Balaban J connectivity index is 1.55. The van der Waals surface area contributed by atoms with E-state index < -0.39 is 0 Å². The zero-order valence-corrected chi connectivity index (χ0v) is 15.2. The van der Waals surface area contributed by atoms with E-state index in [4.69, 9.17) is 0 Å². The molecule has 3 N–H and O–H groups in total. The van der Waals surface area contributed by atoms with Crippen LogP contribution in [-0.4, -0.2) is 28.3 Å². The fourth-order valence-corrected chi connectivity index (χ4v) is 3.64. The molecule has 0 spiro atoms. The summed E-state index contributed by atoms with van der Waals surface area (Å²) in [5.41, 5.74) is 4.28. The van der Waals surface area contributed by atoms with Crippen molar-refractivity contribution in [1.82, 2.24) is 15.3 Å². The highest BCUT2D eigenvalue weighted by molar-refractivity contribution is 6.04. The number of imidazole rings is 1. The number of nitrogens with one attached hydrogen (secondary N) is 3. The molecule has 3 aromatic rings. The van der Waals surface area contributed by atoms with E-state index in [-0.39, 0.29) is 17.5 Å². The summed E-state index contributed by atoms with van der Waals surface area (Å²) >= 11 is 0. The lowest BCUT2D eigenvalue weighted by Gasteiger charge is -2.29. The number of fused-ring (bicyclic) bond motifs is 2. The summed E-state index contributed by atoms with van der Waals surface area (Å²) in [5.74, 6) is -0.347. The minimum Gasteiger partial charge on any atom is -0.348 e. The second-order valence-corrected chi connectivity index (χ2v) is 6.74. The van der Waals surface area contributed by atoms with E-state index in [1.165, 1.54) is 6.08 Å². The average molecular weight is 376 g/mol. The first kappa shape index (κ1) is 17.8. The van der Waals surface area contributed by atoms with Gasteiger partial charge in [-0.3, -0.25) is 9.59 Å². The molecule has 1 aliphatic rings. The van der Waals surface area contributed by atoms with Gasteiger partial charge in [-0.1, -0.05) is 18.7 Å². The molecule has 0 unspecified atom stereocenters. The molecule has 0 atom stereocenters. The topological polar surface area (TPSA) is 98.1 Å². The van der Waals surface area contributed by atoms with E-state index >= 15 is 0 Å². The van der Waals surface area contributed by atoms with Crippen LogP contribution in [0.5, 0.6) is 0 Å². The van der Waals surface area contributed by atoms with Crippen molar-refractivity contribution < 1.29 is 9.59 Å². The summed E-state index contributed by atoms with van der Waals surface area (Å²) in [6.45, 7) is 4.51. The van der Waals surface area contributed by atoms with Crippen LogP contribution >= 0.6 is 0 Å². The largest absolute Gasteiger partial charge is 0.348 e. The van der Waals surface area contributed by atoms with Crippen molar-refractivity contribution in [1.29, 1.82) is 0 Å². The van der Waals surface area contributed by atoms with Crippen molar-refractivity contribution >= 4 is 28.5 Å². The predicted molar refractivity (Wildman–Crippen MR) is 107 cm³/mol. The van der Waals surface area contributed by atoms with Crippen LogP contribution in [-0.2, 0) is 17.8 Å². The SMILES string of the molecule is C=CC(=O)N1CCCc2c(C(=O)NCc3ccc4[nH]c(=O)[nH]c4c3)cccc21. The Bertz CT molecular complexity index is 1140. The van der Waals surface area contributed by atoms with Crippen LogP contribution in [0.15, 0.2) is 53.8 Å². The van der Waals surface area contributed by atoms with Gasteiger partial charge in [0, 0.05) is 24.3 Å². The van der Waals surface area contributed by atoms with E-state index in [0.717, 1.165) is 35.2 Å². The Morgan fingerprint density at radius 3 is 2.82 bits per heavy atom. The Morgan fingerprint density at radius 2 is 2.00 bits per heavy atom.